The van der Waals surface area contributed by atoms with Gasteiger partial charge in [-0.15, -0.1) is 0 Å². The van der Waals surface area contributed by atoms with Gasteiger partial charge < -0.3 is 5.73 Å². The average molecular weight is 296 g/mol. The fourth-order valence-electron chi connectivity index (χ4n) is 3.10. The molecule has 0 amide bonds. The number of nitrogen functional groups attached to an aromatic ring is 1. The highest BCUT2D eigenvalue weighted by Gasteiger charge is 2.13. The van der Waals surface area contributed by atoms with Crippen molar-refractivity contribution in [3.05, 3.63) is 90.0 Å². The Hall–Kier alpha value is -3.13. The van der Waals surface area contributed by atoms with Gasteiger partial charge in [0, 0.05) is 22.2 Å². The second kappa shape index (κ2) is 5.25. The molecule has 3 N–H and O–H groups in total. The lowest BCUT2D eigenvalue weighted by Crippen LogP contribution is -2.06. The van der Waals surface area contributed by atoms with E-state index in [4.69, 9.17) is 11.1 Å². The SMILES string of the molecule is N=C(c1ccc2ccccc2c1N)c1cccc2ccccc12. The summed E-state index contributed by atoms with van der Waals surface area (Å²) >= 11 is 0. The van der Waals surface area contributed by atoms with Crippen molar-refractivity contribution in [2.75, 3.05) is 5.73 Å². The summed E-state index contributed by atoms with van der Waals surface area (Å²) in [5.74, 6) is 0. The molecule has 0 bridgehead atoms. The van der Waals surface area contributed by atoms with Crippen LogP contribution in [0.5, 0.6) is 0 Å². The summed E-state index contributed by atoms with van der Waals surface area (Å²) in [6.07, 6.45) is 0. The molecule has 0 saturated heterocycles. The minimum Gasteiger partial charge on any atom is -0.398 e. The Balaban J connectivity index is 1.93. The first kappa shape index (κ1) is 13.5. The van der Waals surface area contributed by atoms with Crippen LogP contribution >= 0.6 is 0 Å². The zero-order valence-electron chi connectivity index (χ0n) is 12.6. The van der Waals surface area contributed by atoms with Crippen LogP contribution in [0.4, 0.5) is 5.69 Å². The number of anilines is 1. The molecule has 0 heterocycles. The number of fused-ring (bicyclic) bond motifs is 2. The molecule has 0 saturated carbocycles. The smallest absolute Gasteiger partial charge is 0.0711 e. The minimum atomic E-state index is 0.463. The molecule has 0 fully saturated rings. The van der Waals surface area contributed by atoms with E-state index in [2.05, 4.69) is 18.2 Å². The second-order valence-electron chi connectivity index (χ2n) is 5.65. The fourth-order valence-corrected chi connectivity index (χ4v) is 3.10. The highest BCUT2D eigenvalue weighted by atomic mass is 14.6. The van der Waals surface area contributed by atoms with Gasteiger partial charge in [-0.3, -0.25) is 5.41 Å². The van der Waals surface area contributed by atoms with Gasteiger partial charge in [0.25, 0.3) is 0 Å². The van der Waals surface area contributed by atoms with Crippen LogP contribution in [0.2, 0.25) is 0 Å². The Morgan fingerprint density at radius 2 is 1.22 bits per heavy atom. The molecule has 0 unspecified atom stereocenters. The molecule has 4 aromatic carbocycles. The molecule has 0 aliphatic heterocycles. The number of nitrogens with one attached hydrogen (secondary N) is 1. The molecule has 110 valence electrons. The van der Waals surface area contributed by atoms with Gasteiger partial charge >= 0.3 is 0 Å². The predicted molar refractivity (Wildman–Crippen MR) is 98.2 cm³/mol. The highest BCUT2D eigenvalue weighted by molar-refractivity contribution is 6.22. The van der Waals surface area contributed by atoms with E-state index in [1.165, 1.54) is 0 Å². The van der Waals surface area contributed by atoms with Gasteiger partial charge in [-0.05, 0) is 16.2 Å². The summed E-state index contributed by atoms with van der Waals surface area (Å²) in [6, 6.07) is 26.2. The molecule has 2 nitrogen and oxygen atoms in total. The van der Waals surface area contributed by atoms with E-state index >= 15 is 0 Å². The maximum atomic E-state index is 8.69. The number of hydrogen-bond donors (Lipinski definition) is 2. The van der Waals surface area contributed by atoms with E-state index in [0.717, 1.165) is 32.7 Å². The predicted octanol–water partition coefficient (Wildman–Crippen LogP) is 4.99. The molecule has 2 heteroatoms. The maximum Gasteiger partial charge on any atom is 0.0711 e. The zero-order chi connectivity index (χ0) is 15.8. The van der Waals surface area contributed by atoms with Crippen LogP contribution < -0.4 is 5.73 Å². The van der Waals surface area contributed by atoms with Crippen molar-refractivity contribution in [1.82, 2.24) is 0 Å². The maximum absolute atomic E-state index is 8.69. The van der Waals surface area contributed by atoms with Gasteiger partial charge in [0.15, 0.2) is 0 Å². The van der Waals surface area contributed by atoms with E-state index in [1.54, 1.807) is 0 Å². The van der Waals surface area contributed by atoms with Crippen molar-refractivity contribution in [2.24, 2.45) is 0 Å². The van der Waals surface area contributed by atoms with Crippen LogP contribution in [0.25, 0.3) is 21.5 Å². The Labute approximate surface area is 134 Å². The van der Waals surface area contributed by atoms with Crippen molar-refractivity contribution in [3.8, 4) is 0 Å². The fraction of sp³-hybridized carbons (Fsp3) is 0. The average Bonchev–Trinajstić information content (AvgIpc) is 2.61. The van der Waals surface area contributed by atoms with E-state index < -0.39 is 0 Å². The van der Waals surface area contributed by atoms with Crippen LogP contribution in [0.15, 0.2) is 78.9 Å². The summed E-state index contributed by atoms with van der Waals surface area (Å²) in [7, 11) is 0. The summed E-state index contributed by atoms with van der Waals surface area (Å²) < 4.78 is 0. The van der Waals surface area contributed by atoms with E-state index in [9.17, 15) is 0 Å². The molecule has 4 aromatic rings. The normalized spacial score (nSPS) is 11.0. The first-order valence-corrected chi connectivity index (χ1v) is 7.60. The molecular weight excluding hydrogens is 280 g/mol. The first-order chi connectivity index (χ1) is 11.3. The molecule has 0 atom stereocenters. The Bertz CT molecular complexity index is 1040. The second-order valence-corrected chi connectivity index (χ2v) is 5.65. The van der Waals surface area contributed by atoms with Crippen LogP contribution in [-0.4, -0.2) is 5.71 Å². The third-order valence-corrected chi connectivity index (χ3v) is 4.30. The molecule has 0 aromatic heterocycles. The third kappa shape index (κ3) is 2.16. The Morgan fingerprint density at radius 1 is 0.609 bits per heavy atom. The molecule has 4 rings (SSSR count). The lowest BCUT2D eigenvalue weighted by molar-refractivity contribution is 1.48. The van der Waals surface area contributed by atoms with Gasteiger partial charge in [-0.2, -0.15) is 0 Å². The van der Waals surface area contributed by atoms with Gasteiger partial charge in [-0.1, -0.05) is 78.9 Å². The largest absolute Gasteiger partial charge is 0.398 e. The summed E-state index contributed by atoms with van der Waals surface area (Å²) in [6.45, 7) is 0. The Morgan fingerprint density at radius 3 is 2.00 bits per heavy atom. The van der Waals surface area contributed by atoms with E-state index in [-0.39, 0.29) is 0 Å². The summed E-state index contributed by atoms with van der Waals surface area (Å²) in [5, 5.41) is 13.0. The quantitative estimate of drug-likeness (QED) is 0.397. The minimum absolute atomic E-state index is 0.463. The Kier molecular flexibility index (Phi) is 3.09. The van der Waals surface area contributed by atoms with Gasteiger partial charge in [-0.25, -0.2) is 0 Å². The standard InChI is InChI=1S/C21H16N2/c22-20-17-10-4-2-7-15(17)12-13-19(20)21(23)18-11-5-8-14-6-1-3-9-16(14)18/h1-13,23H,22H2. The molecule has 23 heavy (non-hydrogen) atoms. The van der Waals surface area contributed by atoms with Crippen molar-refractivity contribution in [1.29, 1.82) is 5.41 Å². The van der Waals surface area contributed by atoms with E-state index in [1.807, 2.05) is 60.7 Å². The topological polar surface area (TPSA) is 49.9 Å². The lowest BCUT2D eigenvalue weighted by atomic mass is 9.94. The molecule has 0 aliphatic carbocycles. The van der Waals surface area contributed by atoms with Crippen molar-refractivity contribution < 1.29 is 0 Å². The van der Waals surface area contributed by atoms with Gasteiger partial charge in [0.2, 0.25) is 0 Å². The number of rotatable bonds is 2. The zero-order valence-corrected chi connectivity index (χ0v) is 12.6. The lowest BCUT2D eigenvalue weighted by Gasteiger charge is -2.12. The third-order valence-electron chi connectivity index (χ3n) is 4.30. The van der Waals surface area contributed by atoms with Crippen molar-refractivity contribution >= 4 is 32.9 Å². The van der Waals surface area contributed by atoms with Gasteiger partial charge in [0.1, 0.15) is 0 Å². The van der Waals surface area contributed by atoms with Crippen LogP contribution in [0.1, 0.15) is 11.1 Å². The van der Waals surface area contributed by atoms with E-state index in [0.29, 0.717) is 11.4 Å². The molecule has 0 spiro atoms. The highest BCUT2D eigenvalue weighted by Crippen LogP contribution is 2.28. The summed E-state index contributed by atoms with van der Waals surface area (Å²) in [5.41, 5.74) is 9.18. The van der Waals surface area contributed by atoms with Crippen LogP contribution in [0.3, 0.4) is 0 Å². The van der Waals surface area contributed by atoms with Crippen molar-refractivity contribution in [3.63, 3.8) is 0 Å². The summed E-state index contributed by atoms with van der Waals surface area (Å²) in [4.78, 5) is 0. The molecule has 0 radical (unpaired) electrons. The number of nitrogens with two attached hydrogens (primary N) is 1. The number of benzene rings is 4. The first-order valence-electron chi connectivity index (χ1n) is 7.60. The van der Waals surface area contributed by atoms with Crippen molar-refractivity contribution in [2.45, 2.75) is 0 Å². The monoisotopic (exact) mass is 296 g/mol. The van der Waals surface area contributed by atoms with Gasteiger partial charge in [0.05, 0.1) is 5.71 Å². The van der Waals surface area contributed by atoms with Crippen LogP contribution in [0, 0.1) is 5.41 Å². The molecular formula is C21H16N2. The number of hydrogen-bond acceptors (Lipinski definition) is 2. The van der Waals surface area contributed by atoms with Crippen LogP contribution in [-0.2, 0) is 0 Å². The molecule has 0 aliphatic rings.